The van der Waals surface area contributed by atoms with E-state index in [1.54, 1.807) is 0 Å². The average Bonchev–Trinajstić information content (AvgIpc) is 3.78. The number of hydrogen-bond acceptors (Lipinski definition) is 4. The van der Waals surface area contributed by atoms with Crippen LogP contribution in [0.2, 0.25) is 0 Å². The van der Waals surface area contributed by atoms with E-state index in [-0.39, 0.29) is 0 Å². The van der Waals surface area contributed by atoms with E-state index in [4.69, 9.17) is 19.4 Å². The first-order chi connectivity index (χ1) is 26.7. The average molecular weight is 691 g/mol. The van der Waals surface area contributed by atoms with Crippen molar-refractivity contribution in [2.75, 3.05) is 0 Å². The van der Waals surface area contributed by atoms with Gasteiger partial charge in [0, 0.05) is 44.3 Å². The first-order valence-corrected chi connectivity index (χ1v) is 18.1. The summed E-state index contributed by atoms with van der Waals surface area (Å²) in [5, 5.41) is 6.77. The lowest BCUT2D eigenvalue weighted by Crippen LogP contribution is -2.01. The van der Waals surface area contributed by atoms with E-state index in [1.165, 1.54) is 21.5 Å². The first kappa shape index (κ1) is 30.3. The maximum Gasteiger partial charge on any atom is 0.164 e. The maximum absolute atomic E-state index is 6.65. The zero-order valence-electron chi connectivity index (χ0n) is 29.0. The fourth-order valence-electron chi connectivity index (χ4n) is 7.86. The number of rotatable bonds is 5. The number of hydrogen-bond donors (Lipinski definition) is 0. The Labute approximate surface area is 310 Å². The SMILES string of the molecule is c1ccc(-c2ccc(-c3nc(-c4ccccc4)nc(-c4cc(-n5c6ccccc6c6cc7ccccc7cc65)cc5oc6ccccc6c45)n3)cc2)cc1. The molecule has 0 unspecified atom stereocenters. The quantitative estimate of drug-likeness (QED) is 0.180. The Morgan fingerprint density at radius 1 is 0.370 bits per heavy atom. The van der Waals surface area contributed by atoms with Crippen molar-refractivity contribution < 1.29 is 4.42 Å². The van der Waals surface area contributed by atoms with Crippen molar-refractivity contribution >= 4 is 54.5 Å². The zero-order chi connectivity index (χ0) is 35.6. The van der Waals surface area contributed by atoms with Gasteiger partial charge in [0.1, 0.15) is 11.2 Å². The van der Waals surface area contributed by atoms with Crippen LogP contribution in [0.4, 0.5) is 0 Å². The monoisotopic (exact) mass is 690 g/mol. The summed E-state index contributed by atoms with van der Waals surface area (Å²) < 4.78 is 8.99. The van der Waals surface area contributed by atoms with Crippen LogP contribution in [-0.4, -0.2) is 19.5 Å². The Balaban J connectivity index is 1.19. The van der Waals surface area contributed by atoms with Gasteiger partial charge in [-0.2, -0.15) is 0 Å². The highest BCUT2D eigenvalue weighted by molar-refractivity contribution is 6.15. The molecule has 8 aromatic carbocycles. The topological polar surface area (TPSA) is 56.7 Å². The number of furan rings is 1. The summed E-state index contributed by atoms with van der Waals surface area (Å²) >= 11 is 0. The summed E-state index contributed by atoms with van der Waals surface area (Å²) in [6.45, 7) is 0. The van der Waals surface area contributed by atoms with E-state index in [0.717, 1.165) is 66.5 Å². The fraction of sp³-hybridized carbons (Fsp3) is 0. The molecule has 5 heteroatoms. The van der Waals surface area contributed by atoms with Gasteiger partial charge in [0.25, 0.3) is 0 Å². The number of nitrogens with zero attached hydrogens (tertiary/aromatic N) is 4. The van der Waals surface area contributed by atoms with E-state index in [0.29, 0.717) is 17.5 Å². The molecular formula is C49H30N4O. The van der Waals surface area contributed by atoms with Gasteiger partial charge in [-0.15, -0.1) is 0 Å². The molecule has 54 heavy (non-hydrogen) atoms. The van der Waals surface area contributed by atoms with E-state index in [2.05, 4.69) is 138 Å². The lowest BCUT2D eigenvalue weighted by atomic mass is 10.0. The minimum Gasteiger partial charge on any atom is -0.456 e. The summed E-state index contributed by atoms with van der Waals surface area (Å²) in [6, 6.07) is 63.3. The zero-order valence-corrected chi connectivity index (χ0v) is 29.0. The Bertz CT molecular complexity index is 3200. The molecule has 0 aliphatic heterocycles. The Morgan fingerprint density at radius 2 is 0.926 bits per heavy atom. The van der Waals surface area contributed by atoms with Crippen LogP contribution in [0.3, 0.4) is 0 Å². The molecule has 0 aliphatic rings. The molecule has 0 amide bonds. The van der Waals surface area contributed by atoms with Crippen molar-refractivity contribution in [2.45, 2.75) is 0 Å². The summed E-state index contributed by atoms with van der Waals surface area (Å²) in [4.78, 5) is 15.5. The predicted molar refractivity (Wildman–Crippen MR) is 221 cm³/mol. The van der Waals surface area contributed by atoms with Crippen LogP contribution >= 0.6 is 0 Å². The molecule has 0 N–H and O–H groups in total. The van der Waals surface area contributed by atoms with Crippen molar-refractivity contribution in [1.29, 1.82) is 0 Å². The third-order valence-corrected chi connectivity index (χ3v) is 10.4. The van der Waals surface area contributed by atoms with Gasteiger partial charge in [0.2, 0.25) is 0 Å². The molecule has 0 bridgehead atoms. The number of benzene rings is 8. The van der Waals surface area contributed by atoms with E-state index in [9.17, 15) is 0 Å². The summed E-state index contributed by atoms with van der Waals surface area (Å²) in [6.07, 6.45) is 0. The highest BCUT2D eigenvalue weighted by Gasteiger charge is 2.22. The van der Waals surface area contributed by atoms with E-state index < -0.39 is 0 Å². The molecule has 0 spiro atoms. The third-order valence-electron chi connectivity index (χ3n) is 10.4. The lowest BCUT2D eigenvalue weighted by molar-refractivity contribution is 0.668. The molecule has 0 atom stereocenters. The van der Waals surface area contributed by atoms with Crippen LogP contribution in [0.15, 0.2) is 186 Å². The fourth-order valence-corrected chi connectivity index (χ4v) is 7.86. The lowest BCUT2D eigenvalue weighted by Gasteiger charge is -2.13. The second-order valence-corrected chi connectivity index (χ2v) is 13.6. The van der Waals surface area contributed by atoms with Gasteiger partial charge in [-0.25, -0.2) is 15.0 Å². The van der Waals surface area contributed by atoms with Crippen molar-refractivity contribution in [3.8, 4) is 51.0 Å². The predicted octanol–water partition coefficient (Wildman–Crippen LogP) is 12.7. The number of para-hydroxylation sites is 2. The smallest absolute Gasteiger partial charge is 0.164 e. The molecule has 3 heterocycles. The molecule has 3 aromatic heterocycles. The molecule has 0 fully saturated rings. The first-order valence-electron chi connectivity index (χ1n) is 18.1. The summed E-state index contributed by atoms with van der Waals surface area (Å²) in [5.74, 6) is 1.79. The van der Waals surface area contributed by atoms with Gasteiger partial charge < -0.3 is 8.98 Å². The second-order valence-electron chi connectivity index (χ2n) is 13.6. The number of aromatic nitrogens is 4. The van der Waals surface area contributed by atoms with Gasteiger partial charge in [-0.3, -0.25) is 0 Å². The third kappa shape index (κ3) is 4.90. The molecule has 0 saturated heterocycles. The minimum absolute atomic E-state index is 0.579. The van der Waals surface area contributed by atoms with Gasteiger partial charge in [-0.1, -0.05) is 146 Å². The maximum atomic E-state index is 6.65. The summed E-state index contributed by atoms with van der Waals surface area (Å²) in [7, 11) is 0. The highest BCUT2D eigenvalue weighted by atomic mass is 16.3. The van der Waals surface area contributed by atoms with Crippen molar-refractivity contribution in [3.05, 3.63) is 182 Å². The van der Waals surface area contributed by atoms with E-state index >= 15 is 0 Å². The Morgan fingerprint density at radius 3 is 1.69 bits per heavy atom. The normalized spacial score (nSPS) is 11.7. The minimum atomic E-state index is 0.579. The molecule has 11 aromatic rings. The Kier molecular flexibility index (Phi) is 6.79. The molecule has 0 aliphatic carbocycles. The summed E-state index contributed by atoms with van der Waals surface area (Å²) in [5.41, 5.74) is 9.79. The molecule has 0 saturated carbocycles. The van der Waals surface area contributed by atoms with Crippen molar-refractivity contribution in [3.63, 3.8) is 0 Å². The van der Waals surface area contributed by atoms with Crippen LogP contribution < -0.4 is 0 Å². The molecule has 252 valence electrons. The van der Waals surface area contributed by atoms with Gasteiger partial charge in [-0.05, 0) is 52.2 Å². The number of fused-ring (bicyclic) bond motifs is 7. The molecular weight excluding hydrogens is 661 g/mol. The molecule has 11 rings (SSSR count). The van der Waals surface area contributed by atoms with Gasteiger partial charge in [0.15, 0.2) is 17.5 Å². The van der Waals surface area contributed by atoms with Crippen LogP contribution in [0, 0.1) is 0 Å². The van der Waals surface area contributed by atoms with Crippen LogP contribution in [0.1, 0.15) is 0 Å². The second kappa shape index (κ2) is 12.1. The van der Waals surface area contributed by atoms with Crippen molar-refractivity contribution in [1.82, 2.24) is 19.5 Å². The highest BCUT2D eigenvalue weighted by Crippen LogP contribution is 2.41. The van der Waals surface area contributed by atoms with Gasteiger partial charge in [0.05, 0.1) is 16.7 Å². The van der Waals surface area contributed by atoms with Crippen molar-refractivity contribution in [2.24, 2.45) is 0 Å². The van der Waals surface area contributed by atoms with Crippen LogP contribution in [-0.2, 0) is 0 Å². The molecule has 0 radical (unpaired) electrons. The molecule has 5 nitrogen and oxygen atoms in total. The largest absolute Gasteiger partial charge is 0.456 e. The standard InChI is InChI=1S/C49H30N4O/c1-3-13-31(14-4-1)32-23-25-34(26-24-32)48-50-47(33-15-5-2-6-16-33)51-49(52-48)41-29-37(30-45-46(41)39-20-10-12-22-44(39)54-45)53-42-21-11-9-19-38(42)40-27-35-17-7-8-18-36(35)28-43(40)53/h1-30H. The van der Waals surface area contributed by atoms with E-state index in [1.807, 2.05) is 48.5 Å². The Hall–Kier alpha value is -7.37. The van der Waals surface area contributed by atoms with Gasteiger partial charge >= 0.3 is 0 Å². The van der Waals surface area contributed by atoms with Crippen LogP contribution in [0.25, 0.3) is 105 Å². The van der Waals surface area contributed by atoms with Crippen LogP contribution in [0.5, 0.6) is 0 Å².